The lowest BCUT2D eigenvalue weighted by Crippen LogP contribution is -2.36. The van der Waals surface area contributed by atoms with Crippen molar-refractivity contribution in [1.82, 2.24) is 5.32 Å². The summed E-state index contributed by atoms with van der Waals surface area (Å²) in [7, 11) is 0. The first kappa shape index (κ1) is 15.0. The zero-order chi connectivity index (χ0) is 17.3. The molecule has 2 aromatic carbocycles. The molecule has 2 heterocycles. The summed E-state index contributed by atoms with van der Waals surface area (Å²) in [6.07, 6.45) is 14.2. The lowest BCUT2D eigenvalue weighted by molar-refractivity contribution is 0.721. The highest BCUT2D eigenvalue weighted by Gasteiger charge is 2.30. The summed E-state index contributed by atoms with van der Waals surface area (Å²) in [4.78, 5) is 2.29. The van der Waals surface area contributed by atoms with Crippen LogP contribution in [-0.4, -0.2) is 6.04 Å². The van der Waals surface area contributed by atoms with Gasteiger partial charge in [-0.15, -0.1) is 0 Å². The molecule has 5 rings (SSSR count). The molecular formula is C24H20N2. The van der Waals surface area contributed by atoms with Crippen molar-refractivity contribution in [3.8, 4) is 0 Å². The van der Waals surface area contributed by atoms with Crippen molar-refractivity contribution in [3.05, 3.63) is 120 Å². The molecule has 1 N–H and O–H groups in total. The fourth-order valence-corrected chi connectivity index (χ4v) is 3.98. The van der Waals surface area contributed by atoms with E-state index in [0.717, 1.165) is 6.42 Å². The molecule has 2 aromatic rings. The predicted octanol–water partition coefficient (Wildman–Crippen LogP) is 5.17. The summed E-state index contributed by atoms with van der Waals surface area (Å²) in [6.45, 7) is 0. The Morgan fingerprint density at radius 3 is 2.42 bits per heavy atom. The van der Waals surface area contributed by atoms with Crippen LogP contribution in [0.25, 0.3) is 5.57 Å². The molecule has 0 fully saturated rings. The molecule has 0 radical (unpaired) electrons. The molecule has 26 heavy (non-hydrogen) atoms. The van der Waals surface area contributed by atoms with E-state index < -0.39 is 0 Å². The van der Waals surface area contributed by atoms with E-state index in [1.807, 2.05) is 0 Å². The van der Waals surface area contributed by atoms with Gasteiger partial charge in [-0.05, 0) is 59.2 Å². The number of nitrogens with one attached hydrogen (secondary N) is 1. The van der Waals surface area contributed by atoms with Gasteiger partial charge in [0.25, 0.3) is 0 Å². The first-order chi connectivity index (χ1) is 12.9. The average molecular weight is 336 g/mol. The number of hydrogen-bond acceptors (Lipinski definition) is 2. The van der Waals surface area contributed by atoms with Gasteiger partial charge >= 0.3 is 0 Å². The molecule has 0 saturated heterocycles. The van der Waals surface area contributed by atoms with E-state index in [4.69, 9.17) is 0 Å². The highest BCUT2D eigenvalue weighted by molar-refractivity contribution is 5.82. The van der Waals surface area contributed by atoms with Gasteiger partial charge in [-0.25, -0.2) is 0 Å². The normalized spacial score (nSPS) is 20.8. The fraction of sp³-hybridized carbons (Fsp3) is 0.0833. The molecule has 1 unspecified atom stereocenters. The molecule has 0 amide bonds. The van der Waals surface area contributed by atoms with Crippen LogP contribution in [0.15, 0.2) is 114 Å². The molecule has 2 nitrogen and oxygen atoms in total. The minimum Gasteiger partial charge on any atom is -0.380 e. The number of rotatable bonds is 2. The summed E-state index contributed by atoms with van der Waals surface area (Å²) in [5.41, 5.74) is 7.82. The van der Waals surface area contributed by atoms with Gasteiger partial charge in [-0.1, -0.05) is 60.7 Å². The SMILES string of the molecule is C1=CN(c2ccccc2)C2=C(C1)C1NC=CC(c3ccccc3)=C1C=C2. The van der Waals surface area contributed by atoms with E-state index in [2.05, 4.69) is 108 Å². The number of anilines is 1. The Labute approximate surface area is 154 Å². The van der Waals surface area contributed by atoms with E-state index in [1.54, 1.807) is 0 Å². The Balaban J connectivity index is 1.59. The molecule has 1 atom stereocenters. The lowest BCUT2D eigenvalue weighted by atomic mass is 9.82. The van der Waals surface area contributed by atoms with Crippen LogP contribution in [0.5, 0.6) is 0 Å². The van der Waals surface area contributed by atoms with E-state index in [-0.39, 0.29) is 6.04 Å². The van der Waals surface area contributed by atoms with Gasteiger partial charge in [-0.2, -0.15) is 0 Å². The maximum absolute atomic E-state index is 3.58. The molecule has 1 aliphatic carbocycles. The minimum absolute atomic E-state index is 0.228. The Hall–Kier alpha value is -3.26. The van der Waals surface area contributed by atoms with Crippen LogP contribution >= 0.6 is 0 Å². The monoisotopic (exact) mass is 336 g/mol. The number of fused-ring (bicyclic) bond motifs is 2. The molecule has 2 heteroatoms. The van der Waals surface area contributed by atoms with Crippen LogP contribution in [0.1, 0.15) is 12.0 Å². The number of nitrogens with zero attached hydrogens (tertiary/aromatic N) is 1. The number of hydrogen-bond donors (Lipinski definition) is 1. The molecule has 0 aromatic heterocycles. The minimum atomic E-state index is 0.228. The second kappa shape index (κ2) is 6.23. The molecule has 2 aliphatic heterocycles. The van der Waals surface area contributed by atoms with Gasteiger partial charge in [0.1, 0.15) is 0 Å². The largest absolute Gasteiger partial charge is 0.380 e. The topological polar surface area (TPSA) is 15.3 Å². The quantitative estimate of drug-likeness (QED) is 0.813. The van der Waals surface area contributed by atoms with Gasteiger partial charge in [0.15, 0.2) is 0 Å². The zero-order valence-electron chi connectivity index (χ0n) is 14.5. The molecular weight excluding hydrogens is 316 g/mol. The predicted molar refractivity (Wildman–Crippen MR) is 108 cm³/mol. The maximum Gasteiger partial charge on any atom is 0.0754 e. The zero-order valence-corrected chi connectivity index (χ0v) is 14.5. The number of allylic oxidation sites excluding steroid dienone is 4. The number of dihydropyridines is 1. The van der Waals surface area contributed by atoms with Crippen molar-refractivity contribution in [2.75, 3.05) is 4.90 Å². The standard InChI is InChI=1S/C24H20N2/c1-3-8-18(9-4-1)20-15-16-25-24-21(20)13-14-23-22(24)12-7-17-26(23)19-10-5-2-6-11-19/h1-11,13-17,24-25H,12H2. The van der Waals surface area contributed by atoms with Gasteiger partial charge in [0, 0.05) is 17.6 Å². The summed E-state index contributed by atoms with van der Waals surface area (Å²) in [6, 6.07) is 21.4. The lowest BCUT2D eigenvalue weighted by Gasteiger charge is -2.37. The Morgan fingerprint density at radius 1 is 0.846 bits per heavy atom. The van der Waals surface area contributed by atoms with Crippen molar-refractivity contribution in [3.63, 3.8) is 0 Å². The van der Waals surface area contributed by atoms with Crippen molar-refractivity contribution in [1.29, 1.82) is 0 Å². The van der Waals surface area contributed by atoms with Crippen LogP contribution < -0.4 is 10.2 Å². The second-order valence-electron chi connectivity index (χ2n) is 6.71. The van der Waals surface area contributed by atoms with Gasteiger partial charge in [0.05, 0.1) is 6.04 Å². The van der Waals surface area contributed by atoms with Crippen LogP contribution in [0.2, 0.25) is 0 Å². The summed E-state index contributed by atoms with van der Waals surface area (Å²) in [5.74, 6) is 0. The highest BCUT2D eigenvalue weighted by Crippen LogP contribution is 2.38. The van der Waals surface area contributed by atoms with E-state index >= 15 is 0 Å². The van der Waals surface area contributed by atoms with E-state index in [0.29, 0.717) is 0 Å². The van der Waals surface area contributed by atoms with Crippen molar-refractivity contribution < 1.29 is 0 Å². The average Bonchev–Trinajstić information content (AvgIpc) is 2.74. The number of benzene rings is 2. The number of para-hydroxylation sites is 1. The van der Waals surface area contributed by atoms with Crippen LogP contribution in [-0.2, 0) is 0 Å². The summed E-state index contributed by atoms with van der Waals surface area (Å²) in [5, 5.41) is 3.58. The van der Waals surface area contributed by atoms with Crippen LogP contribution in [0.4, 0.5) is 5.69 Å². The molecule has 126 valence electrons. The van der Waals surface area contributed by atoms with Crippen LogP contribution in [0, 0.1) is 0 Å². The first-order valence-electron chi connectivity index (χ1n) is 9.06. The fourth-order valence-electron chi connectivity index (χ4n) is 3.98. The molecule has 0 bridgehead atoms. The Kier molecular flexibility index (Phi) is 3.60. The van der Waals surface area contributed by atoms with E-state index in [9.17, 15) is 0 Å². The van der Waals surface area contributed by atoms with Crippen LogP contribution in [0.3, 0.4) is 0 Å². The summed E-state index contributed by atoms with van der Waals surface area (Å²) >= 11 is 0. The van der Waals surface area contributed by atoms with Crippen molar-refractivity contribution in [2.24, 2.45) is 0 Å². The highest BCUT2D eigenvalue weighted by atomic mass is 15.1. The molecule has 3 aliphatic rings. The second-order valence-corrected chi connectivity index (χ2v) is 6.71. The Morgan fingerprint density at radius 2 is 1.62 bits per heavy atom. The Bertz CT molecular complexity index is 975. The first-order valence-corrected chi connectivity index (χ1v) is 9.06. The molecule has 0 spiro atoms. The van der Waals surface area contributed by atoms with Gasteiger partial charge in [0.2, 0.25) is 0 Å². The maximum atomic E-state index is 3.58. The van der Waals surface area contributed by atoms with Gasteiger partial charge < -0.3 is 10.2 Å². The smallest absolute Gasteiger partial charge is 0.0754 e. The molecule has 0 saturated carbocycles. The van der Waals surface area contributed by atoms with Crippen molar-refractivity contribution in [2.45, 2.75) is 12.5 Å². The van der Waals surface area contributed by atoms with E-state index in [1.165, 1.54) is 33.7 Å². The van der Waals surface area contributed by atoms with Gasteiger partial charge in [-0.3, -0.25) is 0 Å². The third kappa shape index (κ3) is 2.42. The third-order valence-corrected chi connectivity index (χ3v) is 5.20. The van der Waals surface area contributed by atoms with Crippen molar-refractivity contribution >= 4 is 11.3 Å². The summed E-state index contributed by atoms with van der Waals surface area (Å²) < 4.78 is 0. The third-order valence-electron chi connectivity index (χ3n) is 5.20.